The highest BCUT2D eigenvalue weighted by atomic mass is 79.9. The molecule has 17 heavy (non-hydrogen) atoms. The van der Waals surface area contributed by atoms with Gasteiger partial charge in [-0.2, -0.15) is 0 Å². The summed E-state index contributed by atoms with van der Waals surface area (Å²) in [6.07, 6.45) is 2.42. The molecule has 1 atom stereocenters. The Labute approximate surface area is 113 Å². The van der Waals surface area contributed by atoms with Crippen LogP contribution in [0.3, 0.4) is 0 Å². The molecule has 1 aromatic rings. The molecule has 0 amide bonds. The highest BCUT2D eigenvalue weighted by Crippen LogP contribution is 2.25. The maximum Gasteiger partial charge on any atom is 0.0407 e. The lowest BCUT2D eigenvalue weighted by Gasteiger charge is -2.27. The number of rotatable bonds is 2. The molecule has 1 unspecified atom stereocenters. The lowest BCUT2D eigenvalue weighted by molar-refractivity contribution is 0.528. The number of anilines is 1. The Hall–Kier alpha value is -0.540. The maximum absolute atomic E-state index is 3.61. The summed E-state index contributed by atoms with van der Waals surface area (Å²) >= 11 is 3.57. The van der Waals surface area contributed by atoms with Gasteiger partial charge in [0.2, 0.25) is 0 Å². The minimum absolute atomic E-state index is 0.621. The van der Waals surface area contributed by atoms with Crippen LogP contribution in [0.1, 0.15) is 25.3 Å². The second-order valence-corrected chi connectivity index (χ2v) is 5.71. The van der Waals surface area contributed by atoms with E-state index in [9.17, 15) is 0 Å². The molecule has 3 heteroatoms. The number of halogens is 1. The van der Waals surface area contributed by atoms with Crippen molar-refractivity contribution in [3.63, 3.8) is 0 Å². The van der Waals surface area contributed by atoms with Crippen LogP contribution in [0.4, 0.5) is 5.69 Å². The van der Waals surface area contributed by atoms with E-state index >= 15 is 0 Å². The Bertz CT molecular complexity index is 378. The number of nitrogens with zero attached hydrogens (tertiary/aromatic N) is 1. The fourth-order valence-electron chi connectivity index (χ4n) is 2.41. The summed E-state index contributed by atoms with van der Waals surface area (Å²) < 4.78 is 1.17. The van der Waals surface area contributed by atoms with E-state index in [1.54, 1.807) is 0 Å². The number of hydrogen-bond acceptors (Lipinski definition) is 2. The van der Waals surface area contributed by atoms with Crippen LogP contribution in [0.25, 0.3) is 0 Å². The lowest BCUT2D eigenvalue weighted by Crippen LogP contribution is -2.37. The first-order chi connectivity index (χ1) is 8.20. The van der Waals surface area contributed by atoms with Gasteiger partial charge in [0.15, 0.2) is 0 Å². The summed E-state index contributed by atoms with van der Waals surface area (Å²) in [5.41, 5.74) is 2.74. The van der Waals surface area contributed by atoms with Crippen molar-refractivity contribution in [1.82, 2.24) is 5.32 Å². The van der Waals surface area contributed by atoms with Crippen molar-refractivity contribution >= 4 is 21.6 Å². The highest BCUT2D eigenvalue weighted by molar-refractivity contribution is 9.10. The number of aryl methyl sites for hydroxylation is 1. The van der Waals surface area contributed by atoms with Crippen molar-refractivity contribution < 1.29 is 0 Å². The molecule has 1 fully saturated rings. The Kier molecular flexibility index (Phi) is 4.46. The van der Waals surface area contributed by atoms with Crippen LogP contribution in [-0.2, 0) is 0 Å². The molecule has 0 bridgehead atoms. The molecular weight excluding hydrogens is 276 g/mol. The minimum atomic E-state index is 0.621. The maximum atomic E-state index is 3.61. The molecular formula is C14H21BrN2. The normalized spacial score (nSPS) is 21.4. The SMILES string of the molecule is CCC1CN(c2cc(Br)ccc2C)CCCN1. The Morgan fingerprint density at radius 1 is 1.47 bits per heavy atom. The van der Waals surface area contributed by atoms with Gasteiger partial charge in [-0.1, -0.05) is 28.9 Å². The Morgan fingerprint density at radius 3 is 3.06 bits per heavy atom. The zero-order valence-electron chi connectivity index (χ0n) is 10.7. The van der Waals surface area contributed by atoms with Crippen LogP contribution < -0.4 is 10.2 Å². The van der Waals surface area contributed by atoms with E-state index in [0.29, 0.717) is 6.04 Å². The van der Waals surface area contributed by atoms with Crippen molar-refractivity contribution in [2.75, 3.05) is 24.5 Å². The smallest absolute Gasteiger partial charge is 0.0407 e. The van der Waals surface area contributed by atoms with Gasteiger partial charge in [-0.25, -0.2) is 0 Å². The predicted molar refractivity (Wildman–Crippen MR) is 77.8 cm³/mol. The molecule has 2 rings (SSSR count). The van der Waals surface area contributed by atoms with Crippen LogP contribution >= 0.6 is 15.9 Å². The van der Waals surface area contributed by atoms with Gasteiger partial charge in [0.1, 0.15) is 0 Å². The highest BCUT2D eigenvalue weighted by Gasteiger charge is 2.17. The molecule has 94 valence electrons. The molecule has 1 aliphatic rings. The van der Waals surface area contributed by atoms with E-state index in [1.165, 1.54) is 28.6 Å². The summed E-state index contributed by atoms with van der Waals surface area (Å²) in [5.74, 6) is 0. The minimum Gasteiger partial charge on any atom is -0.370 e. The fourth-order valence-corrected chi connectivity index (χ4v) is 2.76. The van der Waals surface area contributed by atoms with Crippen LogP contribution in [0, 0.1) is 6.92 Å². The Balaban J connectivity index is 2.21. The van der Waals surface area contributed by atoms with Crippen molar-refractivity contribution in [2.45, 2.75) is 32.7 Å². The third-order valence-corrected chi connectivity index (χ3v) is 3.98. The largest absolute Gasteiger partial charge is 0.370 e. The fraction of sp³-hybridized carbons (Fsp3) is 0.571. The summed E-state index contributed by atoms with van der Waals surface area (Å²) in [4.78, 5) is 2.52. The van der Waals surface area contributed by atoms with E-state index in [0.717, 1.165) is 19.6 Å². The summed E-state index contributed by atoms with van der Waals surface area (Å²) in [7, 11) is 0. The van der Waals surface area contributed by atoms with Gasteiger partial charge in [0, 0.05) is 29.3 Å². The molecule has 0 saturated carbocycles. The standard InChI is InChI=1S/C14H21BrN2/c1-3-13-10-17(8-4-7-16-13)14-9-12(15)6-5-11(14)2/h5-6,9,13,16H,3-4,7-8,10H2,1-2H3. The second kappa shape index (κ2) is 5.87. The van der Waals surface area contributed by atoms with Crippen LogP contribution in [0.15, 0.2) is 22.7 Å². The summed E-state index contributed by atoms with van der Waals surface area (Å²) in [6, 6.07) is 7.18. The molecule has 0 radical (unpaired) electrons. The molecule has 0 spiro atoms. The molecule has 2 nitrogen and oxygen atoms in total. The topological polar surface area (TPSA) is 15.3 Å². The Morgan fingerprint density at radius 2 is 2.29 bits per heavy atom. The van der Waals surface area contributed by atoms with Gasteiger partial charge >= 0.3 is 0 Å². The van der Waals surface area contributed by atoms with Crippen molar-refractivity contribution in [3.05, 3.63) is 28.2 Å². The van der Waals surface area contributed by atoms with Crippen LogP contribution in [-0.4, -0.2) is 25.7 Å². The van der Waals surface area contributed by atoms with E-state index < -0.39 is 0 Å². The van der Waals surface area contributed by atoms with E-state index in [2.05, 4.69) is 58.2 Å². The van der Waals surface area contributed by atoms with Gasteiger partial charge in [-0.05, 0) is 44.0 Å². The van der Waals surface area contributed by atoms with Crippen molar-refractivity contribution in [1.29, 1.82) is 0 Å². The van der Waals surface area contributed by atoms with Gasteiger partial charge in [-0.15, -0.1) is 0 Å². The summed E-state index contributed by atoms with van der Waals surface area (Å²) in [6.45, 7) is 7.87. The van der Waals surface area contributed by atoms with Crippen LogP contribution in [0.5, 0.6) is 0 Å². The summed E-state index contributed by atoms with van der Waals surface area (Å²) in [5, 5.41) is 3.61. The zero-order chi connectivity index (χ0) is 12.3. The predicted octanol–water partition coefficient (Wildman–Crippen LogP) is 3.34. The third-order valence-electron chi connectivity index (χ3n) is 3.48. The third kappa shape index (κ3) is 3.23. The quantitative estimate of drug-likeness (QED) is 0.900. The first-order valence-corrected chi connectivity index (χ1v) is 7.24. The van der Waals surface area contributed by atoms with Gasteiger partial charge in [-0.3, -0.25) is 0 Å². The molecule has 0 aromatic heterocycles. The van der Waals surface area contributed by atoms with Crippen molar-refractivity contribution in [2.24, 2.45) is 0 Å². The van der Waals surface area contributed by atoms with Gasteiger partial charge in [0.05, 0.1) is 0 Å². The molecule has 1 heterocycles. The van der Waals surface area contributed by atoms with E-state index in [1.807, 2.05) is 0 Å². The molecule has 1 aromatic carbocycles. The first-order valence-electron chi connectivity index (χ1n) is 6.45. The van der Waals surface area contributed by atoms with Crippen molar-refractivity contribution in [3.8, 4) is 0 Å². The monoisotopic (exact) mass is 296 g/mol. The molecule has 1 aliphatic heterocycles. The van der Waals surface area contributed by atoms with E-state index in [-0.39, 0.29) is 0 Å². The van der Waals surface area contributed by atoms with E-state index in [4.69, 9.17) is 0 Å². The number of benzene rings is 1. The molecule has 1 saturated heterocycles. The number of nitrogens with one attached hydrogen (secondary N) is 1. The average Bonchev–Trinajstić information content (AvgIpc) is 2.57. The second-order valence-electron chi connectivity index (χ2n) is 4.79. The van der Waals surface area contributed by atoms with Crippen LogP contribution in [0.2, 0.25) is 0 Å². The first kappa shape index (κ1) is 12.9. The lowest BCUT2D eigenvalue weighted by atomic mass is 10.1. The molecule has 1 N–H and O–H groups in total. The zero-order valence-corrected chi connectivity index (χ0v) is 12.3. The average molecular weight is 297 g/mol. The van der Waals surface area contributed by atoms with Gasteiger partial charge in [0.25, 0.3) is 0 Å². The van der Waals surface area contributed by atoms with Gasteiger partial charge < -0.3 is 10.2 Å². The molecule has 0 aliphatic carbocycles. The number of hydrogen-bond donors (Lipinski definition) is 1.